The molecule has 0 radical (unpaired) electrons. The second kappa shape index (κ2) is 26.0. The van der Waals surface area contributed by atoms with Crippen molar-refractivity contribution in [3.05, 3.63) is 0 Å². The summed E-state index contributed by atoms with van der Waals surface area (Å²) in [6.07, 6.45) is 0. The van der Waals surface area contributed by atoms with Gasteiger partial charge in [-0.3, -0.25) is 0 Å². The van der Waals surface area contributed by atoms with E-state index in [1.165, 1.54) is 0 Å². The van der Waals surface area contributed by atoms with Gasteiger partial charge in [0, 0.05) is 0 Å². The van der Waals surface area contributed by atoms with Gasteiger partial charge in [0.05, 0.1) is 0 Å². The number of hydrogen-bond acceptors (Lipinski definition) is 4. The molecule has 0 aliphatic heterocycles. The third-order valence-electron chi connectivity index (χ3n) is 0. The minimum Gasteiger partial charge on any atom is -0.585 e. The summed E-state index contributed by atoms with van der Waals surface area (Å²) >= 11 is -2.88. The van der Waals surface area contributed by atoms with E-state index in [2.05, 4.69) is 0 Å². The number of halogens is 2. The molecule has 0 aliphatic carbocycles. The molecule has 48 valence electrons. The van der Waals surface area contributed by atoms with Gasteiger partial charge in [0.15, 0.2) is 31.1 Å². The Morgan fingerprint density at radius 1 is 0.714 bits per heavy atom. The van der Waals surface area contributed by atoms with Crippen LogP contribution in [0, 0.1) is 31.1 Å². The molecule has 0 aromatic heterocycles. The van der Waals surface area contributed by atoms with E-state index in [9.17, 15) is 0 Å². The van der Waals surface area contributed by atoms with Gasteiger partial charge in [-0.25, -0.2) is 0 Å². The Bertz CT molecular complexity index is 11.7. The van der Waals surface area contributed by atoms with Crippen LogP contribution in [-0.4, -0.2) is 0 Å². The van der Waals surface area contributed by atoms with Crippen LogP contribution >= 0.6 is 0 Å². The van der Waals surface area contributed by atoms with Gasteiger partial charge in [-0.15, -0.1) is 0 Å². The Hall–Kier alpha value is 1.46. The first kappa shape index (κ1) is 15.8. The van der Waals surface area contributed by atoms with Crippen LogP contribution in [0.25, 0.3) is 0 Å². The molecular formula is Br2O4Pd. The fourth-order valence-corrected chi connectivity index (χ4v) is 0. The largest absolute Gasteiger partial charge is 2.00 e. The predicted molar refractivity (Wildman–Crippen MR) is 0 cm³/mol. The van der Waals surface area contributed by atoms with Crippen molar-refractivity contribution < 1.29 is 68.3 Å². The molecule has 4 nitrogen and oxygen atoms in total. The molecule has 0 aliphatic rings. The molecule has 0 aromatic carbocycles. The maximum absolute atomic E-state index is 8.41. The topological polar surface area (TPSA) is 92.2 Å². The first-order valence-corrected chi connectivity index (χ1v) is 3.21. The predicted octanol–water partition coefficient (Wildman–Crippen LogP) is -4.76. The summed E-state index contributed by atoms with van der Waals surface area (Å²) < 4.78 is 33.6. The normalized spacial score (nSPS) is 5.14. The van der Waals surface area contributed by atoms with Crippen LogP contribution in [0.1, 0.15) is 0 Å². The molecule has 0 aromatic rings. The SMILES string of the molecule is [O-][Br+][O-].[O-][Br+][O-].[Pd+2]. The van der Waals surface area contributed by atoms with Crippen molar-refractivity contribution in [2.45, 2.75) is 0 Å². The van der Waals surface area contributed by atoms with Gasteiger partial charge < -0.3 is 16.8 Å². The zero-order valence-electron chi connectivity index (χ0n) is 2.71. The summed E-state index contributed by atoms with van der Waals surface area (Å²) in [5.74, 6) is 0. The van der Waals surface area contributed by atoms with E-state index in [0.717, 1.165) is 0 Å². The molecule has 0 fully saturated rings. The van der Waals surface area contributed by atoms with Gasteiger partial charge in [-0.1, -0.05) is 0 Å². The average Bonchev–Trinajstić information content (AvgIpc) is 1.39. The van der Waals surface area contributed by atoms with Crippen molar-refractivity contribution >= 4 is 0 Å². The van der Waals surface area contributed by atoms with Crippen LogP contribution in [0.15, 0.2) is 0 Å². The summed E-state index contributed by atoms with van der Waals surface area (Å²) in [4.78, 5) is 0. The Labute approximate surface area is 68.1 Å². The Morgan fingerprint density at radius 2 is 0.714 bits per heavy atom. The van der Waals surface area contributed by atoms with E-state index in [1.54, 1.807) is 0 Å². The Kier molecular flexibility index (Phi) is 58.7. The van der Waals surface area contributed by atoms with Gasteiger partial charge >= 0.3 is 20.4 Å². The summed E-state index contributed by atoms with van der Waals surface area (Å²) in [5, 5.41) is 0. The second-order valence-electron chi connectivity index (χ2n) is 0.126. The average molecular weight is 330 g/mol. The van der Waals surface area contributed by atoms with E-state index in [0.29, 0.717) is 0 Å². The first-order chi connectivity index (χ1) is 2.83. The Balaban J connectivity index is -0.0000000400. The number of hydrogen-bond donors (Lipinski definition) is 0. The van der Waals surface area contributed by atoms with Crippen LogP contribution in [0.2, 0.25) is 0 Å². The molecule has 0 atom stereocenters. The van der Waals surface area contributed by atoms with E-state index < -0.39 is 31.1 Å². The summed E-state index contributed by atoms with van der Waals surface area (Å²) in [7, 11) is 0. The minimum absolute atomic E-state index is 0. The zero-order chi connectivity index (χ0) is 5.41. The van der Waals surface area contributed by atoms with Crippen LogP contribution in [0.4, 0.5) is 0 Å². The third kappa shape index (κ3) is 104. The molecule has 0 heterocycles. The molecular weight excluding hydrogens is 330 g/mol. The molecule has 7 heavy (non-hydrogen) atoms. The standard InChI is InChI=1S/2BrO2.Pd/c2*2-1-3;/q2*-1;+2. The molecule has 0 bridgehead atoms. The number of rotatable bonds is 0. The van der Waals surface area contributed by atoms with Crippen molar-refractivity contribution in [3.8, 4) is 0 Å². The van der Waals surface area contributed by atoms with Crippen molar-refractivity contribution in [2.75, 3.05) is 0 Å². The quantitative estimate of drug-likeness (QED) is 0.417. The van der Waals surface area contributed by atoms with E-state index >= 15 is 0 Å². The van der Waals surface area contributed by atoms with Gasteiger partial charge in [-0.2, -0.15) is 0 Å². The second-order valence-corrected chi connectivity index (χ2v) is 0.655. The van der Waals surface area contributed by atoms with Crippen molar-refractivity contribution in [2.24, 2.45) is 0 Å². The van der Waals surface area contributed by atoms with E-state index in [-0.39, 0.29) is 20.4 Å². The minimum atomic E-state index is -1.44. The molecule has 0 spiro atoms. The smallest absolute Gasteiger partial charge is 0.585 e. The summed E-state index contributed by atoms with van der Waals surface area (Å²) in [6.45, 7) is 0. The fraction of sp³-hybridized carbons (Fsp3) is 0. The van der Waals surface area contributed by atoms with Crippen molar-refractivity contribution in [1.82, 2.24) is 0 Å². The van der Waals surface area contributed by atoms with Crippen LogP contribution < -0.4 is 16.8 Å². The maximum atomic E-state index is 8.41. The van der Waals surface area contributed by atoms with Gasteiger partial charge in [0.1, 0.15) is 0 Å². The molecule has 0 saturated carbocycles. The van der Waals surface area contributed by atoms with Gasteiger partial charge in [0.2, 0.25) is 0 Å². The van der Waals surface area contributed by atoms with Crippen molar-refractivity contribution in [3.63, 3.8) is 0 Å². The van der Waals surface area contributed by atoms with E-state index in [1.807, 2.05) is 0 Å². The van der Waals surface area contributed by atoms with E-state index in [4.69, 9.17) is 16.8 Å². The molecule has 0 amide bonds. The summed E-state index contributed by atoms with van der Waals surface area (Å²) in [6, 6.07) is 0. The molecule has 7 heteroatoms. The Morgan fingerprint density at radius 3 is 0.714 bits per heavy atom. The van der Waals surface area contributed by atoms with Gasteiger partial charge in [0.25, 0.3) is 0 Å². The molecule has 0 N–H and O–H groups in total. The van der Waals surface area contributed by atoms with Crippen molar-refractivity contribution in [1.29, 1.82) is 0 Å². The fourth-order valence-electron chi connectivity index (χ4n) is 0. The van der Waals surface area contributed by atoms with Gasteiger partial charge in [-0.05, 0) is 0 Å². The van der Waals surface area contributed by atoms with Crippen LogP contribution in [0.3, 0.4) is 0 Å². The molecule has 0 unspecified atom stereocenters. The molecule has 0 rings (SSSR count). The third-order valence-corrected chi connectivity index (χ3v) is 0. The zero-order valence-corrected chi connectivity index (χ0v) is 7.43. The first-order valence-electron chi connectivity index (χ1n) is 0.617. The molecule has 0 saturated heterocycles. The maximum Gasteiger partial charge on any atom is 2.00 e. The summed E-state index contributed by atoms with van der Waals surface area (Å²) in [5.41, 5.74) is 0. The van der Waals surface area contributed by atoms with Crippen LogP contribution in [-0.2, 0) is 20.4 Å². The monoisotopic (exact) mass is 328 g/mol. The van der Waals surface area contributed by atoms with Crippen LogP contribution in [0.5, 0.6) is 0 Å².